The molecule has 26 heavy (non-hydrogen) atoms. The van der Waals surface area contributed by atoms with Gasteiger partial charge in [-0.1, -0.05) is 39.7 Å². The van der Waals surface area contributed by atoms with Crippen LogP contribution in [0.4, 0.5) is 5.69 Å². The van der Waals surface area contributed by atoms with Crippen LogP contribution in [0.1, 0.15) is 16.8 Å². The molecular formula is C19H15BrClNO4. The van der Waals surface area contributed by atoms with Crippen molar-refractivity contribution in [3.8, 4) is 0 Å². The van der Waals surface area contributed by atoms with E-state index in [1.807, 2.05) is 0 Å². The van der Waals surface area contributed by atoms with Crippen LogP contribution in [0, 0.1) is 5.92 Å². The highest BCUT2D eigenvalue weighted by atomic mass is 79.9. The molecule has 3 rings (SSSR count). The van der Waals surface area contributed by atoms with Gasteiger partial charge in [0.25, 0.3) is 0 Å². The predicted molar refractivity (Wildman–Crippen MR) is 101 cm³/mol. The number of nitrogens with zero attached hydrogens (tertiary/aromatic N) is 1. The summed E-state index contributed by atoms with van der Waals surface area (Å²) in [6.07, 6.45) is 0.0634. The Morgan fingerprint density at radius 1 is 1.12 bits per heavy atom. The van der Waals surface area contributed by atoms with E-state index in [0.29, 0.717) is 16.3 Å². The fraction of sp³-hybridized carbons (Fsp3) is 0.211. The third-order valence-corrected chi connectivity index (χ3v) is 4.89. The Morgan fingerprint density at radius 2 is 1.77 bits per heavy atom. The van der Waals surface area contributed by atoms with Gasteiger partial charge in [-0.3, -0.25) is 14.4 Å². The number of rotatable bonds is 5. The Labute approximate surface area is 164 Å². The van der Waals surface area contributed by atoms with Gasteiger partial charge < -0.3 is 9.64 Å². The number of Topliss-reactive ketones (excluding diaryl/α,β-unsaturated/α-hetero) is 1. The molecule has 2 aromatic rings. The van der Waals surface area contributed by atoms with E-state index in [2.05, 4.69) is 15.9 Å². The highest BCUT2D eigenvalue weighted by molar-refractivity contribution is 9.10. The number of carbonyl (C=O) groups excluding carboxylic acids is 3. The number of hydrogen-bond donors (Lipinski definition) is 0. The van der Waals surface area contributed by atoms with E-state index >= 15 is 0 Å². The topological polar surface area (TPSA) is 63.7 Å². The number of ketones is 1. The van der Waals surface area contributed by atoms with E-state index in [0.717, 1.165) is 4.47 Å². The lowest BCUT2D eigenvalue weighted by Crippen LogP contribution is -2.27. The number of carbonyl (C=O) groups is 3. The van der Waals surface area contributed by atoms with Gasteiger partial charge in [-0.15, -0.1) is 0 Å². The van der Waals surface area contributed by atoms with Gasteiger partial charge in [-0.2, -0.15) is 0 Å². The summed E-state index contributed by atoms with van der Waals surface area (Å²) in [7, 11) is 0. The molecular weight excluding hydrogens is 422 g/mol. The van der Waals surface area contributed by atoms with Crippen LogP contribution >= 0.6 is 27.5 Å². The number of hydrogen-bond acceptors (Lipinski definition) is 4. The molecule has 1 fully saturated rings. The molecule has 1 aliphatic rings. The highest BCUT2D eigenvalue weighted by Gasteiger charge is 2.36. The van der Waals surface area contributed by atoms with Crippen molar-refractivity contribution in [3.63, 3.8) is 0 Å². The zero-order valence-electron chi connectivity index (χ0n) is 13.7. The maximum absolute atomic E-state index is 12.2. The summed E-state index contributed by atoms with van der Waals surface area (Å²) in [6.45, 7) is -0.113. The van der Waals surface area contributed by atoms with Gasteiger partial charge in [0.15, 0.2) is 12.4 Å². The summed E-state index contributed by atoms with van der Waals surface area (Å²) < 4.78 is 5.98. The molecule has 0 aromatic heterocycles. The molecule has 1 atom stereocenters. The molecule has 5 nitrogen and oxygen atoms in total. The van der Waals surface area contributed by atoms with E-state index in [4.69, 9.17) is 16.3 Å². The van der Waals surface area contributed by atoms with Crippen molar-refractivity contribution in [2.24, 2.45) is 5.92 Å². The molecule has 0 bridgehead atoms. The van der Waals surface area contributed by atoms with E-state index in [-0.39, 0.29) is 31.3 Å². The number of esters is 1. The molecule has 1 heterocycles. The Kier molecular flexibility index (Phi) is 5.74. The second-order valence-corrected chi connectivity index (χ2v) is 7.27. The Morgan fingerprint density at radius 3 is 2.42 bits per heavy atom. The monoisotopic (exact) mass is 435 g/mol. The van der Waals surface area contributed by atoms with Crippen molar-refractivity contribution in [1.29, 1.82) is 0 Å². The van der Waals surface area contributed by atoms with Crippen molar-refractivity contribution >= 4 is 50.9 Å². The van der Waals surface area contributed by atoms with Crippen LogP contribution in [-0.2, 0) is 14.3 Å². The quantitative estimate of drug-likeness (QED) is 0.527. The summed E-state index contributed by atoms with van der Waals surface area (Å²) in [5, 5.41) is 0.572. The van der Waals surface area contributed by atoms with Crippen molar-refractivity contribution in [3.05, 3.63) is 63.6 Å². The van der Waals surface area contributed by atoms with Crippen LogP contribution in [0.2, 0.25) is 5.02 Å². The van der Waals surface area contributed by atoms with Gasteiger partial charge in [0.1, 0.15) is 0 Å². The first kappa shape index (κ1) is 18.6. The van der Waals surface area contributed by atoms with Gasteiger partial charge in [-0.05, 0) is 36.4 Å². The largest absolute Gasteiger partial charge is 0.457 e. The molecule has 1 aliphatic heterocycles. The maximum atomic E-state index is 12.2. The fourth-order valence-electron chi connectivity index (χ4n) is 2.71. The van der Waals surface area contributed by atoms with Gasteiger partial charge in [0.05, 0.1) is 5.92 Å². The van der Waals surface area contributed by atoms with Crippen molar-refractivity contribution in [2.75, 3.05) is 18.1 Å². The van der Waals surface area contributed by atoms with Gasteiger partial charge in [0, 0.05) is 33.7 Å². The third kappa shape index (κ3) is 4.31. The third-order valence-electron chi connectivity index (χ3n) is 4.11. The van der Waals surface area contributed by atoms with Crippen molar-refractivity contribution < 1.29 is 19.1 Å². The van der Waals surface area contributed by atoms with Gasteiger partial charge in [0.2, 0.25) is 5.91 Å². The average Bonchev–Trinajstić information content (AvgIpc) is 3.02. The van der Waals surface area contributed by atoms with Crippen molar-refractivity contribution in [2.45, 2.75) is 6.42 Å². The zero-order valence-corrected chi connectivity index (χ0v) is 16.0. The van der Waals surface area contributed by atoms with E-state index in [1.165, 1.54) is 4.90 Å². The Balaban J connectivity index is 1.57. The summed E-state index contributed by atoms with van der Waals surface area (Å²) in [6, 6.07) is 13.6. The number of amides is 1. The van der Waals surface area contributed by atoms with Crippen molar-refractivity contribution in [1.82, 2.24) is 0 Å². The van der Waals surface area contributed by atoms with Gasteiger partial charge in [-0.25, -0.2) is 0 Å². The molecule has 1 amide bonds. The fourth-order valence-corrected chi connectivity index (χ4v) is 3.10. The molecule has 0 saturated carbocycles. The van der Waals surface area contributed by atoms with Crippen LogP contribution in [-0.4, -0.2) is 30.8 Å². The average molecular weight is 437 g/mol. The summed E-state index contributed by atoms with van der Waals surface area (Å²) in [4.78, 5) is 38.0. The molecule has 134 valence electrons. The molecule has 1 saturated heterocycles. The van der Waals surface area contributed by atoms with E-state index < -0.39 is 11.9 Å². The minimum absolute atomic E-state index is 0.0634. The SMILES string of the molecule is O=C(COC(=O)[C@@H]1CC(=O)N(c2ccc(Cl)cc2)C1)c1ccc(Br)cc1. The summed E-state index contributed by atoms with van der Waals surface area (Å²) >= 11 is 9.15. The zero-order chi connectivity index (χ0) is 18.7. The Bertz CT molecular complexity index is 836. The van der Waals surface area contributed by atoms with E-state index in [9.17, 15) is 14.4 Å². The van der Waals surface area contributed by atoms with Gasteiger partial charge >= 0.3 is 5.97 Å². The molecule has 2 aromatic carbocycles. The maximum Gasteiger partial charge on any atom is 0.311 e. The lowest BCUT2D eigenvalue weighted by Gasteiger charge is -2.16. The van der Waals surface area contributed by atoms with Crippen LogP contribution in [0.25, 0.3) is 0 Å². The smallest absolute Gasteiger partial charge is 0.311 e. The number of benzene rings is 2. The molecule has 7 heteroatoms. The first-order valence-corrected chi connectivity index (χ1v) is 9.12. The Hall–Kier alpha value is -2.18. The number of halogens is 2. The first-order valence-electron chi connectivity index (χ1n) is 7.95. The second kappa shape index (κ2) is 8.01. The number of anilines is 1. The first-order chi connectivity index (χ1) is 12.4. The summed E-state index contributed by atoms with van der Waals surface area (Å²) in [5.74, 6) is -1.57. The molecule has 0 aliphatic carbocycles. The van der Waals surface area contributed by atoms with Crippen LogP contribution in [0.15, 0.2) is 53.0 Å². The van der Waals surface area contributed by atoms with Crippen LogP contribution in [0.3, 0.4) is 0 Å². The molecule has 0 N–H and O–H groups in total. The number of ether oxygens (including phenoxy) is 1. The van der Waals surface area contributed by atoms with Crippen LogP contribution in [0.5, 0.6) is 0 Å². The normalized spacial score (nSPS) is 16.6. The molecule has 0 radical (unpaired) electrons. The lowest BCUT2D eigenvalue weighted by atomic mass is 10.1. The highest BCUT2D eigenvalue weighted by Crippen LogP contribution is 2.27. The minimum Gasteiger partial charge on any atom is -0.457 e. The minimum atomic E-state index is -0.587. The standard InChI is InChI=1S/C19H15BrClNO4/c20-14-3-1-12(2-4-14)17(23)11-26-19(25)13-9-18(24)22(10-13)16-7-5-15(21)6-8-16/h1-8,13H,9-11H2/t13-/m1/s1. The lowest BCUT2D eigenvalue weighted by molar-refractivity contribution is -0.147. The van der Waals surface area contributed by atoms with E-state index in [1.54, 1.807) is 48.5 Å². The van der Waals surface area contributed by atoms with Crippen LogP contribution < -0.4 is 4.90 Å². The second-order valence-electron chi connectivity index (χ2n) is 5.92. The molecule has 0 unspecified atom stereocenters. The summed E-state index contributed by atoms with van der Waals surface area (Å²) in [5.41, 5.74) is 1.15. The molecule has 0 spiro atoms. The predicted octanol–water partition coefficient (Wildman–Crippen LogP) is 3.88.